The molecule has 1 rings (SSSR count). The quantitative estimate of drug-likeness (QED) is 0.151. The van der Waals surface area contributed by atoms with Crippen LogP contribution in [0.4, 0.5) is 0 Å². The summed E-state index contributed by atoms with van der Waals surface area (Å²) in [5.41, 5.74) is 0. The van der Waals surface area contributed by atoms with Gasteiger partial charge in [-0.25, -0.2) is 13.9 Å². The normalized spacial score (nSPS) is 23.1. The van der Waals surface area contributed by atoms with E-state index in [-0.39, 0.29) is 31.0 Å². The molecule has 3 atom stereocenters. The van der Waals surface area contributed by atoms with Crippen LogP contribution in [0.5, 0.6) is 0 Å². The number of aliphatic hydroxyl groups is 3. The Bertz CT molecular complexity index is 530. The van der Waals surface area contributed by atoms with Crippen LogP contribution in [0.3, 0.4) is 0 Å². The van der Waals surface area contributed by atoms with Crippen molar-refractivity contribution in [3.63, 3.8) is 0 Å². The Kier molecular flexibility index (Phi) is 7.54. The number of hydrogen-bond acceptors (Lipinski definition) is 9. The van der Waals surface area contributed by atoms with Gasteiger partial charge in [0.05, 0.1) is 6.61 Å². The Morgan fingerprint density at radius 1 is 1.33 bits per heavy atom. The summed E-state index contributed by atoms with van der Waals surface area (Å²) < 4.78 is 33.3. The Balaban J connectivity index is 0. The smallest absolute Gasteiger partial charge is 1.00 e. The third-order valence-corrected chi connectivity index (χ3v) is 3.96. The van der Waals surface area contributed by atoms with Crippen LogP contribution >= 0.6 is 15.6 Å². The molecule has 1 aliphatic heterocycles. The molecule has 0 aliphatic carbocycles. The molecular weight excluding hydrogens is 349 g/mol. The van der Waals surface area contributed by atoms with Gasteiger partial charge in [0.2, 0.25) is 0 Å². The molecule has 118 valence electrons. The van der Waals surface area contributed by atoms with E-state index in [9.17, 15) is 24.1 Å². The van der Waals surface area contributed by atoms with Gasteiger partial charge >= 0.3 is 51.2 Å². The van der Waals surface area contributed by atoms with Crippen LogP contribution in [-0.2, 0) is 27.5 Å². The molecule has 0 saturated carbocycles. The van der Waals surface area contributed by atoms with Crippen molar-refractivity contribution in [2.75, 3.05) is 6.61 Å². The molecule has 0 saturated heterocycles. The van der Waals surface area contributed by atoms with Crippen LogP contribution in [0.1, 0.15) is 1.43 Å². The molecule has 12 nitrogen and oxygen atoms in total. The second-order valence-corrected chi connectivity index (χ2v) is 6.18. The van der Waals surface area contributed by atoms with Gasteiger partial charge in [0.25, 0.3) is 5.76 Å². The van der Waals surface area contributed by atoms with Crippen LogP contribution in [0.2, 0.25) is 0 Å². The predicted octanol–water partition coefficient (Wildman–Crippen LogP) is -4.62. The Hall–Kier alpha value is 0.0300. The maximum atomic E-state index is 11.2. The molecule has 0 aromatic rings. The Labute approximate surface area is 140 Å². The first-order valence-corrected chi connectivity index (χ1v) is 7.71. The van der Waals surface area contributed by atoms with Crippen LogP contribution in [-0.4, -0.2) is 54.8 Å². The van der Waals surface area contributed by atoms with E-state index in [1.807, 2.05) is 0 Å². The van der Waals surface area contributed by atoms with Crippen molar-refractivity contribution in [1.29, 1.82) is 0 Å². The standard InChI is InChI=1S/C6H10O12P2.Na.H/c7-1-2(8)4-3(9)5(6(10)16-4)17-20(14,15)18-19(11,12)13;;/h2,4,7-9H,1H2,(H,14,15)(H2,11,12,13);;/q;+1;-1/t2-,4+;;/m0../s1. The van der Waals surface area contributed by atoms with E-state index in [1.165, 1.54) is 0 Å². The van der Waals surface area contributed by atoms with Crippen LogP contribution in [0, 0.1) is 0 Å². The maximum Gasteiger partial charge on any atom is 1.00 e. The molecule has 6 N–H and O–H groups in total. The summed E-state index contributed by atoms with van der Waals surface area (Å²) in [5.74, 6) is -3.91. The van der Waals surface area contributed by atoms with Gasteiger partial charge < -0.3 is 35.8 Å². The van der Waals surface area contributed by atoms with Crippen molar-refractivity contribution in [1.82, 2.24) is 0 Å². The number of phosphoric ester groups is 1. The summed E-state index contributed by atoms with van der Waals surface area (Å²) in [6.45, 7) is -0.912. The van der Waals surface area contributed by atoms with Crippen LogP contribution in [0.25, 0.3) is 0 Å². The molecule has 0 aromatic heterocycles. The molecule has 1 unspecified atom stereocenters. The van der Waals surface area contributed by atoms with Crippen LogP contribution < -0.4 is 29.6 Å². The molecular formula is C6H11NaO12P2. The average molecular weight is 360 g/mol. The molecule has 1 heterocycles. The van der Waals surface area contributed by atoms with E-state index in [4.69, 9.17) is 19.8 Å². The number of hydrogen-bond donors (Lipinski definition) is 6. The molecule has 0 fully saturated rings. The second kappa shape index (κ2) is 7.53. The molecule has 0 bridgehead atoms. The third kappa shape index (κ3) is 5.97. The van der Waals surface area contributed by atoms with Crippen molar-refractivity contribution in [2.24, 2.45) is 0 Å². The largest absolute Gasteiger partial charge is 1.00 e. The number of esters is 1. The zero-order chi connectivity index (χ0) is 15.7. The first-order valence-electron chi connectivity index (χ1n) is 4.69. The summed E-state index contributed by atoms with van der Waals surface area (Å²) in [4.78, 5) is 36.9. The summed E-state index contributed by atoms with van der Waals surface area (Å²) in [7, 11) is -10.8. The minimum Gasteiger partial charge on any atom is -1.00 e. The van der Waals surface area contributed by atoms with Gasteiger partial charge in [0.1, 0.15) is 6.10 Å². The molecule has 21 heavy (non-hydrogen) atoms. The number of rotatable bonds is 6. The number of carbonyl (C=O) groups is 1. The van der Waals surface area contributed by atoms with Crippen molar-refractivity contribution in [3.8, 4) is 0 Å². The fourth-order valence-corrected chi connectivity index (χ4v) is 2.77. The van der Waals surface area contributed by atoms with Gasteiger partial charge in [-0.1, -0.05) is 0 Å². The van der Waals surface area contributed by atoms with Crippen molar-refractivity contribution >= 4 is 21.6 Å². The van der Waals surface area contributed by atoms with Gasteiger partial charge in [0.15, 0.2) is 11.9 Å². The average Bonchev–Trinajstić information content (AvgIpc) is 2.52. The first-order chi connectivity index (χ1) is 8.97. The summed E-state index contributed by atoms with van der Waals surface area (Å²) in [6.07, 6.45) is -3.49. The summed E-state index contributed by atoms with van der Waals surface area (Å²) in [6, 6.07) is 0. The molecule has 1 aliphatic rings. The number of carbonyl (C=O) groups excluding carboxylic acids is 1. The number of cyclic esters (lactones) is 1. The van der Waals surface area contributed by atoms with E-state index >= 15 is 0 Å². The maximum absolute atomic E-state index is 11.2. The van der Waals surface area contributed by atoms with Crippen molar-refractivity contribution in [3.05, 3.63) is 11.5 Å². The molecule has 15 heteroatoms. The second-order valence-electron chi connectivity index (χ2n) is 3.42. The Morgan fingerprint density at radius 2 is 1.86 bits per heavy atom. The number of ether oxygens (including phenoxy) is 1. The number of aliphatic hydroxyl groups excluding tert-OH is 3. The van der Waals surface area contributed by atoms with E-state index in [0.717, 1.165) is 0 Å². The molecule has 0 aromatic carbocycles. The van der Waals surface area contributed by atoms with Crippen LogP contribution in [0.15, 0.2) is 11.5 Å². The minimum absolute atomic E-state index is 0. The van der Waals surface area contributed by atoms with Gasteiger partial charge in [-0.15, -0.1) is 0 Å². The zero-order valence-electron chi connectivity index (χ0n) is 11.4. The number of phosphoric acid groups is 2. The monoisotopic (exact) mass is 360 g/mol. The van der Waals surface area contributed by atoms with Gasteiger partial charge in [-0.3, -0.25) is 4.89 Å². The van der Waals surface area contributed by atoms with E-state index < -0.39 is 51.9 Å². The topological polar surface area (TPSA) is 200 Å². The Morgan fingerprint density at radius 3 is 2.29 bits per heavy atom. The zero-order valence-corrected chi connectivity index (χ0v) is 14.2. The summed E-state index contributed by atoms with van der Waals surface area (Å²) >= 11 is 0. The minimum atomic E-state index is -5.43. The molecule has 0 radical (unpaired) electrons. The van der Waals surface area contributed by atoms with E-state index in [1.54, 1.807) is 0 Å². The predicted molar refractivity (Wildman–Crippen MR) is 57.8 cm³/mol. The van der Waals surface area contributed by atoms with E-state index in [2.05, 4.69) is 13.6 Å². The van der Waals surface area contributed by atoms with E-state index in [0.29, 0.717) is 0 Å². The third-order valence-electron chi connectivity index (χ3n) is 1.87. The fourth-order valence-electron chi connectivity index (χ4n) is 1.17. The fraction of sp³-hybridized carbons (Fsp3) is 0.500. The van der Waals surface area contributed by atoms with Gasteiger partial charge in [-0.05, 0) is 0 Å². The van der Waals surface area contributed by atoms with Crippen molar-refractivity contribution in [2.45, 2.75) is 12.2 Å². The van der Waals surface area contributed by atoms with Crippen molar-refractivity contribution < 1.29 is 88.5 Å². The first kappa shape index (κ1) is 21.0. The molecule has 0 amide bonds. The van der Waals surface area contributed by atoms with Gasteiger partial charge in [0, 0.05) is 0 Å². The molecule has 0 spiro atoms. The van der Waals surface area contributed by atoms with Gasteiger partial charge in [-0.2, -0.15) is 4.31 Å². The summed E-state index contributed by atoms with van der Waals surface area (Å²) in [5, 5.41) is 27.2. The SMILES string of the molecule is O=C1O[C@H]([C@@H](O)CO)C(O)=C1OP(=O)(O)OP(=O)(O)O.[H-].[Na+].